The molecule has 0 atom stereocenters. The molecule has 1 aromatic heterocycles. The Morgan fingerprint density at radius 2 is 1.83 bits per heavy atom. The van der Waals surface area contributed by atoms with Gasteiger partial charge in [-0.3, -0.25) is 4.79 Å². The number of hydrogen-bond donors (Lipinski definition) is 1. The van der Waals surface area contributed by atoms with Crippen molar-refractivity contribution in [2.75, 3.05) is 18.4 Å². The summed E-state index contributed by atoms with van der Waals surface area (Å²) in [6, 6.07) is 2.47. The average molecular weight is 330 g/mol. The molecule has 24 heavy (non-hydrogen) atoms. The van der Waals surface area contributed by atoms with Crippen LogP contribution in [0.3, 0.4) is 0 Å². The van der Waals surface area contributed by atoms with Crippen molar-refractivity contribution in [2.45, 2.75) is 70.8 Å². The van der Waals surface area contributed by atoms with Crippen LogP contribution in [0, 0.1) is 5.92 Å². The second-order valence-corrected chi connectivity index (χ2v) is 7.56. The van der Waals surface area contributed by atoms with E-state index in [0.29, 0.717) is 17.9 Å². The van der Waals surface area contributed by atoms with Gasteiger partial charge in [-0.15, -0.1) is 0 Å². The summed E-state index contributed by atoms with van der Waals surface area (Å²) in [7, 11) is 0. The third kappa shape index (κ3) is 4.25. The Kier molecular flexibility index (Phi) is 5.69. The van der Waals surface area contributed by atoms with E-state index in [1.165, 1.54) is 19.3 Å². The van der Waals surface area contributed by atoms with Gasteiger partial charge in [0.2, 0.25) is 5.91 Å². The van der Waals surface area contributed by atoms with Crippen molar-refractivity contribution >= 4 is 11.7 Å². The highest BCUT2D eigenvalue weighted by atomic mass is 16.2. The number of nitrogens with zero attached hydrogens (tertiary/aromatic N) is 3. The van der Waals surface area contributed by atoms with Crippen molar-refractivity contribution in [3.05, 3.63) is 18.1 Å². The summed E-state index contributed by atoms with van der Waals surface area (Å²) in [5, 5.41) is 3.54. The van der Waals surface area contributed by atoms with Gasteiger partial charge in [0.05, 0.1) is 0 Å². The SMILES string of the molecule is CC(C)c1cc(NC2CCC(C(=O)N3CCCCC3)CC2)ncn1. The smallest absolute Gasteiger partial charge is 0.225 e. The number of anilines is 1. The molecule has 0 bridgehead atoms. The zero-order chi connectivity index (χ0) is 16.9. The average Bonchev–Trinajstić information content (AvgIpc) is 2.63. The fourth-order valence-corrected chi connectivity index (χ4v) is 3.83. The zero-order valence-electron chi connectivity index (χ0n) is 15.0. The minimum absolute atomic E-state index is 0.234. The molecule has 5 nitrogen and oxygen atoms in total. The fourth-order valence-electron chi connectivity index (χ4n) is 3.83. The molecule has 0 radical (unpaired) electrons. The van der Waals surface area contributed by atoms with E-state index in [4.69, 9.17) is 0 Å². The minimum Gasteiger partial charge on any atom is -0.367 e. The molecule has 3 rings (SSSR count). The van der Waals surface area contributed by atoms with Crippen molar-refractivity contribution in [1.29, 1.82) is 0 Å². The summed E-state index contributed by atoms with van der Waals surface area (Å²) in [5.74, 6) is 1.96. The molecule has 1 saturated heterocycles. The van der Waals surface area contributed by atoms with E-state index >= 15 is 0 Å². The van der Waals surface area contributed by atoms with Gasteiger partial charge >= 0.3 is 0 Å². The Morgan fingerprint density at radius 3 is 2.50 bits per heavy atom. The Hall–Kier alpha value is -1.65. The van der Waals surface area contributed by atoms with Crippen molar-refractivity contribution in [2.24, 2.45) is 5.92 Å². The van der Waals surface area contributed by atoms with Gasteiger partial charge in [-0.05, 0) is 50.9 Å². The standard InChI is InChI=1S/C19H30N4O/c1-14(2)17-12-18(21-13-20-17)22-16-8-6-15(7-9-16)19(24)23-10-4-3-5-11-23/h12-16H,3-11H2,1-2H3,(H,20,21,22). The van der Waals surface area contributed by atoms with Gasteiger partial charge in [0.1, 0.15) is 12.1 Å². The van der Waals surface area contributed by atoms with Crippen LogP contribution in [0.15, 0.2) is 12.4 Å². The molecular weight excluding hydrogens is 300 g/mol. The number of piperidine rings is 1. The van der Waals surface area contributed by atoms with Crippen LogP contribution in [-0.4, -0.2) is 39.9 Å². The van der Waals surface area contributed by atoms with Crippen LogP contribution in [0.2, 0.25) is 0 Å². The molecule has 132 valence electrons. The van der Waals surface area contributed by atoms with Crippen LogP contribution in [0.5, 0.6) is 0 Å². The number of carbonyl (C=O) groups is 1. The summed E-state index contributed by atoms with van der Waals surface area (Å²) in [5.41, 5.74) is 1.07. The lowest BCUT2D eigenvalue weighted by Gasteiger charge is -2.34. The third-order valence-electron chi connectivity index (χ3n) is 5.38. The molecule has 1 N–H and O–H groups in total. The van der Waals surface area contributed by atoms with E-state index in [9.17, 15) is 4.79 Å². The molecule has 0 spiro atoms. The monoisotopic (exact) mass is 330 g/mol. The predicted molar refractivity (Wildman–Crippen MR) is 95.9 cm³/mol. The first-order chi connectivity index (χ1) is 11.6. The molecule has 1 aliphatic heterocycles. The van der Waals surface area contributed by atoms with Crippen molar-refractivity contribution in [1.82, 2.24) is 14.9 Å². The molecule has 5 heteroatoms. The topological polar surface area (TPSA) is 58.1 Å². The van der Waals surface area contributed by atoms with Crippen molar-refractivity contribution in [3.8, 4) is 0 Å². The molecule has 0 aromatic carbocycles. The molecule has 2 heterocycles. The molecule has 0 unspecified atom stereocenters. The first kappa shape index (κ1) is 17.2. The molecule has 1 saturated carbocycles. The van der Waals surface area contributed by atoms with Gasteiger partial charge in [0.25, 0.3) is 0 Å². The number of amides is 1. The van der Waals surface area contributed by atoms with E-state index in [-0.39, 0.29) is 5.92 Å². The predicted octanol–water partition coefficient (Wildman–Crippen LogP) is 3.58. The first-order valence-corrected chi connectivity index (χ1v) is 9.50. The first-order valence-electron chi connectivity index (χ1n) is 9.50. The maximum Gasteiger partial charge on any atom is 0.225 e. The Morgan fingerprint density at radius 1 is 1.12 bits per heavy atom. The number of hydrogen-bond acceptors (Lipinski definition) is 4. The second kappa shape index (κ2) is 7.95. The van der Waals surface area contributed by atoms with Gasteiger partial charge in [-0.2, -0.15) is 0 Å². The molecule has 2 fully saturated rings. The summed E-state index contributed by atoms with van der Waals surface area (Å²) >= 11 is 0. The Bertz CT molecular complexity index is 546. The van der Waals surface area contributed by atoms with Crippen LogP contribution < -0.4 is 5.32 Å². The van der Waals surface area contributed by atoms with Gasteiger partial charge in [-0.25, -0.2) is 9.97 Å². The molecule has 1 amide bonds. The summed E-state index contributed by atoms with van der Waals surface area (Å²) in [6.45, 7) is 6.22. The number of aromatic nitrogens is 2. The summed E-state index contributed by atoms with van der Waals surface area (Å²) < 4.78 is 0. The van der Waals surface area contributed by atoms with Crippen LogP contribution in [0.1, 0.15) is 70.4 Å². The van der Waals surface area contributed by atoms with Gasteiger partial charge in [0.15, 0.2) is 0 Å². The number of rotatable bonds is 4. The summed E-state index contributed by atoms with van der Waals surface area (Å²) in [6.07, 6.45) is 9.35. The van der Waals surface area contributed by atoms with Gasteiger partial charge in [-0.1, -0.05) is 13.8 Å². The largest absolute Gasteiger partial charge is 0.367 e. The Balaban J connectivity index is 1.50. The van der Waals surface area contributed by atoms with Crippen molar-refractivity contribution in [3.63, 3.8) is 0 Å². The van der Waals surface area contributed by atoms with Gasteiger partial charge in [0, 0.05) is 36.8 Å². The van der Waals surface area contributed by atoms with Crippen LogP contribution in [0.4, 0.5) is 5.82 Å². The van der Waals surface area contributed by atoms with E-state index in [2.05, 4.69) is 40.1 Å². The Labute approximate surface area is 145 Å². The maximum absolute atomic E-state index is 12.6. The number of carbonyl (C=O) groups excluding carboxylic acids is 1. The lowest BCUT2D eigenvalue weighted by Crippen LogP contribution is -2.41. The van der Waals surface area contributed by atoms with E-state index < -0.39 is 0 Å². The zero-order valence-corrected chi connectivity index (χ0v) is 15.0. The summed E-state index contributed by atoms with van der Waals surface area (Å²) in [4.78, 5) is 23.4. The van der Waals surface area contributed by atoms with E-state index in [0.717, 1.165) is 50.3 Å². The normalized spacial score (nSPS) is 24.9. The second-order valence-electron chi connectivity index (χ2n) is 7.56. The highest BCUT2D eigenvalue weighted by Crippen LogP contribution is 2.29. The maximum atomic E-state index is 12.6. The van der Waals surface area contributed by atoms with Crippen LogP contribution in [-0.2, 0) is 4.79 Å². The quantitative estimate of drug-likeness (QED) is 0.916. The lowest BCUT2D eigenvalue weighted by atomic mass is 9.85. The van der Waals surface area contributed by atoms with Crippen LogP contribution >= 0.6 is 0 Å². The third-order valence-corrected chi connectivity index (χ3v) is 5.38. The molecule has 1 aromatic rings. The van der Waals surface area contributed by atoms with Crippen molar-refractivity contribution < 1.29 is 4.79 Å². The highest BCUT2D eigenvalue weighted by molar-refractivity contribution is 5.79. The molecule has 1 aliphatic carbocycles. The van der Waals surface area contributed by atoms with E-state index in [1.54, 1.807) is 6.33 Å². The molecule has 2 aliphatic rings. The number of likely N-dealkylation sites (tertiary alicyclic amines) is 1. The van der Waals surface area contributed by atoms with E-state index in [1.807, 2.05) is 0 Å². The highest BCUT2D eigenvalue weighted by Gasteiger charge is 2.30. The molecular formula is C19H30N4O. The van der Waals surface area contributed by atoms with Gasteiger partial charge < -0.3 is 10.2 Å². The van der Waals surface area contributed by atoms with Crippen LogP contribution in [0.25, 0.3) is 0 Å². The lowest BCUT2D eigenvalue weighted by molar-refractivity contribution is -0.137. The fraction of sp³-hybridized carbons (Fsp3) is 0.737. The minimum atomic E-state index is 0.234. The number of nitrogens with one attached hydrogen (secondary N) is 1.